The summed E-state index contributed by atoms with van der Waals surface area (Å²) in [4.78, 5) is 15.2. The summed E-state index contributed by atoms with van der Waals surface area (Å²) in [7, 11) is 2.18. The average molecular weight is 293 g/mol. The Balaban J connectivity index is 1.81. The fourth-order valence-corrected chi connectivity index (χ4v) is 3.86. The van der Waals surface area contributed by atoms with Crippen molar-refractivity contribution in [3.8, 4) is 0 Å². The Morgan fingerprint density at radius 2 is 2.15 bits per heavy atom. The van der Waals surface area contributed by atoms with E-state index in [1.165, 1.54) is 49.6 Å². The molecule has 0 aromatic carbocycles. The monoisotopic (exact) mass is 293 g/mol. The molecule has 1 saturated carbocycles. The highest BCUT2D eigenvalue weighted by atomic mass is 32.1. The van der Waals surface area contributed by atoms with Gasteiger partial charge in [-0.15, -0.1) is 11.3 Å². The largest absolute Gasteiger partial charge is 0.478 e. The van der Waals surface area contributed by atoms with E-state index in [9.17, 15) is 4.79 Å². The normalized spacial score (nSPS) is 17.1. The minimum absolute atomic E-state index is 0.861. The molecule has 0 bridgehead atoms. The SMILES string of the molecule is CN(Cc1ccc(C=CC(=O)O)s1)CC1CCCCC1. The van der Waals surface area contributed by atoms with Crippen LogP contribution < -0.4 is 0 Å². The predicted octanol–water partition coefficient (Wildman–Crippen LogP) is 3.86. The molecule has 1 N–H and O–H groups in total. The van der Waals surface area contributed by atoms with Crippen LogP contribution in [-0.4, -0.2) is 29.6 Å². The zero-order valence-corrected chi connectivity index (χ0v) is 12.9. The maximum atomic E-state index is 10.5. The van der Waals surface area contributed by atoms with Crippen LogP contribution in [0.25, 0.3) is 6.08 Å². The summed E-state index contributed by atoms with van der Waals surface area (Å²) in [6.07, 6.45) is 9.80. The van der Waals surface area contributed by atoms with Crippen molar-refractivity contribution >= 4 is 23.4 Å². The highest BCUT2D eigenvalue weighted by molar-refractivity contribution is 7.12. The molecule has 0 aliphatic heterocycles. The summed E-state index contributed by atoms with van der Waals surface area (Å²) in [5, 5.41) is 8.62. The Hall–Kier alpha value is -1.13. The topological polar surface area (TPSA) is 40.5 Å². The molecular formula is C16H23NO2S. The lowest BCUT2D eigenvalue weighted by Gasteiger charge is -2.26. The Morgan fingerprint density at radius 1 is 1.40 bits per heavy atom. The second-order valence-corrected chi connectivity index (χ2v) is 6.88. The zero-order valence-electron chi connectivity index (χ0n) is 12.0. The van der Waals surface area contributed by atoms with Gasteiger partial charge in [-0.1, -0.05) is 19.3 Å². The molecule has 0 atom stereocenters. The van der Waals surface area contributed by atoms with Gasteiger partial charge in [0.15, 0.2) is 0 Å². The molecule has 20 heavy (non-hydrogen) atoms. The van der Waals surface area contributed by atoms with E-state index < -0.39 is 5.97 Å². The molecular weight excluding hydrogens is 270 g/mol. The van der Waals surface area contributed by atoms with Crippen LogP contribution >= 0.6 is 11.3 Å². The van der Waals surface area contributed by atoms with Gasteiger partial charge >= 0.3 is 5.97 Å². The third kappa shape index (κ3) is 5.10. The maximum Gasteiger partial charge on any atom is 0.328 e. The van der Waals surface area contributed by atoms with Crippen LogP contribution in [0, 0.1) is 5.92 Å². The van der Waals surface area contributed by atoms with Gasteiger partial charge in [-0.25, -0.2) is 4.79 Å². The van der Waals surface area contributed by atoms with Crippen LogP contribution in [0.5, 0.6) is 0 Å². The van der Waals surface area contributed by atoms with Crippen molar-refractivity contribution in [3.05, 3.63) is 28.0 Å². The van der Waals surface area contributed by atoms with E-state index in [0.29, 0.717) is 0 Å². The van der Waals surface area contributed by atoms with Crippen molar-refractivity contribution in [1.29, 1.82) is 0 Å². The molecule has 0 unspecified atom stereocenters. The standard InChI is InChI=1S/C16H23NO2S/c1-17(11-13-5-3-2-4-6-13)12-15-8-7-14(20-15)9-10-16(18)19/h7-10,13H,2-6,11-12H2,1H3,(H,18,19). The van der Waals surface area contributed by atoms with Crippen LogP contribution in [0.4, 0.5) is 0 Å². The number of rotatable bonds is 6. The van der Waals surface area contributed by atoms with Crippen LogP contribution in [0.2, 0.25) is 0 Å². The molecule has 1 aliphatic carbocycles. The number of carbonyl (C=O) groups is 1. The third-order valence-corrected chi connectivity index (χ3v) is 4.83. The fraction of sp³-hybridized carbons (Fsp3) is 0.562. The van der Waals surface area contributed by atoms with E-state index in [2.05, 4.69) is 18.0 Å². The molecule has 1 aromatic rings. The second-order valence-electron chi connectivity index (χ2n) is 5.68. The van der Waals surface area contributed by atoms with Crippen molar-refractivity contribution in [2.75, 3.05) is 13.6 Å². The highest BCUT2D eigenvalue weighted by Crippen LogP contribution is 2.25. The summed E-state index contributed by atoms with van der Waals surface area (Å²) in [6.45, 7) is 2.14. The molecule has 0 saturated heterocycles. The van der Waals surface area contributed by atoms with Gasteiger partial charge in [0.05, 0.1) is 0 Å². The van der Waals surface area contributed by atoms with Crippen LogP contribution in [0.1, 0.15) is 41.9 Å². The van der Waals surface area contributed by atoms with Gasteiger partial charge in [0, 0.05) is 28.9 Å². The molecule has 4 heteroatoms. The molecule has 1 fully saturated rings. The maximum absolute atomic E-state index is 10.5. The molecule has 110 valence electrons. The van der Waals surface area contributed by atoms with Gasteiger partial charge in [0.1, 0.15) is 0 Å². The lowest BCUT2D eigenvalue weighted by Crippen LogP contribution is -2.26. The molecule has 1 aliphatic rings. The molecule has 3 nitrogen and oxygen atoms in total. The molecule has 2 rings (SSSR count). The first kappa shape index (κ1) is 15.3. The number of thiophene rings is 1. The number of carboxylic acid groups (broad SMARTS) is 1. The molecule has 0 spiro atoms. The van der Waals surface area contributed by atoms with Crippen molar-refractivity contribution in [2.24, 2.45) is 5.92 Å². The number of hydrogen-bond acceptors (Lipinski definition) is 3. The number of aliphatic carboxylic acids is 1. The summed E-state index contributed by atoms with van der Waals surface area (Å²) >= 11 is 1.67. The Kier molecular flexibility index (Phi) is 5.80. The van der Waals surface area contributed by atoms with E-state index in [1.54, 1.807) is 17.4 Å². The van der Waals surface area contributed by atoms with Gasteiger partial charge in [0.25, 0.3) is 0 Å². The minimum atomic E-state index is -0.894. The second kappa shape index (κ2) is 7.60. The first-order chi connectivity index (χ1) is 9.63. The summed E-state index contributed by atoms with van der Waals surface area (Å²) in [5.41, 5.74) is 0. The Bertz CT molecular complexity index is 461. The van der Waals surface area contributed by atoms with Gasteiger partial charge in [-0.05, 0) is 44.0 Å². The van der Waals surface area contributed by atoms with Crippen LogP contribution in [-0.2, 0) is 11.3 Å². The van der Waals surface area contributed by atoms with E-state index in [4.69, 9.17) is 5.11 Å². The van der Waals surface area contributed by atoms with Crippen molar-refractivity contribution in [1.82, 2.24) is 4.90 Å². The first-order valence-corrected chi connectivity index (χ1v) is 8.13. The van der Waals surface area contributed by atoms with Gasteiger partial charge in [0.2, 0.25) is 0 Å². The lowest BCUT2D eigenvalue weighted by molar-refractivity contribution is -0.131. The highest BCUT2D eigenvalue weighted by Gasteiger charge is 2.15. The van der Waals surface area contributed by atoms with Crippen LogP contribution in [0.3, 0.4) is 0 Å². The Morgan fingerprint density at radius 3 is 2.85 bits per heavy atom. The van der Waals surface area contributed by atoms with E-state index in [0.717, 1.165) is 17.3 Å². The van der Waals surface area contributed by atoms with Crippen molar-refractivity contribution < 1.29 is 9.90 Å². The number of carboxylic acids is 1. The molecule has 1 heterocycles. The zero-order chi connectivity index (χ0) is 14.4. The molecule has 1 aromatic heterocycles. The van der Waals surface area contributed by atoms with Gasteiger partial charge in [-0.3, -0.25) is 0 Å². The summed E-state index contributed by atoms with van der Waals surface area (Å²) in [6, 6.07) is 4.09. The summed E-state index contributed by atoms with van der Waals surface area (Å²) < 4.78 is 0. The lowest BCUT2D eigenvalue weighted by atomic mass is 9.89. The van der Waals surface area contributed by atoms with Gasteiger partial charge < -0.3 is 10.0 Å². The van der Waals surface area contributed by atoms with E-state index in [-0.39, 0.29) is 0 Å². The Labute approximate surface area is 124 Å². The number of nitrogens with zero attached hydrogens (tertiary/aromatic N) is 1. The molecule has 0 radical (unpaired) electrons. The predicted molar refractivity (Wildman–Crippen MR) is 83.9 cm³/mol. The summed E-state index contributed by atoms with van der Waals surface area (Å²) in [5.74, 6) is -0.0329. The van der Waals surface area contributed by atoms with Crippen molar-refractivity contribution in [2.45, 2.75) is 38.6 Å². The first-order valence-electron chi connectivity index (χ1n) is 7.32. The van der Waals surface area contributed by atoms with Crippen LogP contribution in [0.15, 0.2) is 18.2 Å². The van der Waals surface area contributed by atoms with E-state index >= 15 is 0 Å². The van der Waals surface area contributed by atoms with Gasteiger partial charge in [-0.2, -0.15) is 0 Å². The van der Waals surface area contributed by atoms with E-state index in [1.807, 2.05) is 6.07 Å². The molecule has 0 amide bonds. The average Bonchev–Trinajstić information content (AvgIpc) is 2.85. The van der Waals surface area contributed by atoms with Crippen molar-refractivity contribution in [3.63, 3.8) is 0 Å². The smallest absolute Gasteiger partial charge is 0.328 e. The number of hydrogen-bond donors (Lipinski definition) is 1. The minimum Gasteiger partial charge on any atom is -0.478 e. The quantitative estimate of drug-likeness (QED) is 0.810. The third-order valence-electron chi connectivity index (χ3n) is 3.79. The fourth-order valence-electron chi connectivity index (χ4n) is 2.86.